The lowest BCUT2D eigenvalue weighted by Crippen LogP contribution is -2.66. The molecule has 144 valence electrons. The molecule has 2 aliphatic heterocycles. The quantitative estimate of drug-likeness (QED) is 0.539. The van der Waals surface area contributed by atoms with Crippen LogP contribution in [-0.4, -0.2) is 46.4 Å². The van der Waals surface area contributed by atoms with E-state index in [-0.39, 0.29) is 18.9 Å². The van der Waals surface area contributed by atoms with Gasteiger partial charge in [0.15, 0.2) is 6.29 Å². The van der Waals surface area contributed by atoms with Gasteiger partial charge in [-0.15, -0.1) is 0 Å². The summed E-state index contributed by atoms with van der Waals surface area (Å²) in [7, 11) is 0. The van der Waals surface area contributed by atoms with Crippen LogP contribution in [0.1, 0.15) is 30.9 Å². The van der Waals surface area contributed by atoms with Crippen LogP contribution < -0.4 is 0 Å². The Hall–Kier alpha value is -1.93. The number of aliphatic hydroxyl groups excluding tert-OH is 3. The standard InChI is InChI=1S/C20H22O7/c1-10-4-16-20-9-26-18(24)19(10,7-14(22)11-2-3-25-8-11)15(20)6-12(21)5-13(20)17(23)27-16/h2-3,5,8,12,14-16,18,21-22,24H,1,4,6-7,9H2. The summed E-state index contributed by atoms with van der Waals surface area (Å²) in [6, 6.07) is 1.67. The molecule has 7 atom stereocenters. The maximum atomic E-state index is 12.5. The van der Waals surface area contributed by atoms with Gasteiger partial charge in [0.25, 0.3) is 0 Å². The van der Waals surface area contributed by atoms with Crippen LogP contribution in [0, 0.1) is 16.7 Å². The zero-order valence-electron chi connectivity index (χ0n) is 14.7. The van der Waals surface area contributed by atoms with Crippen molar-refractivity contribution in [3.05, 3.63) is 48.0 Å². The van der Waals surface area contributed by atoms with Gasteiger partial charge in [-0.3, -0.25) is 0 Å². The van der Waals surface area contributed by atoms with Crippen molar-refractivity contribution in [3.8, 4) is 0 Å². The highest BCUT2D eigenvalue weighted by Gasteiger charge is 2.72. The van der Waals surface area contributed by atoms with Gasteiger partial charge >= 0.3 is 5.97 Å². The third-order valence-electron chi connectivity index (χ3n) is 7.09. The molecule has 0 aromatic carbocycles. The first-order valence-corrected chi connectivity index (χ1v) is 9.19. The average Bonchev–Trinajstić information content (AvgIpc) is 3.24. The van der Waals surface area contributed by atoms with Crippen LogP contribution in [0.5, 0.6) is 0 Å². The van der Waals surface area contributed by atoms with Crippen molar-refractivity contribution in [1.82, 2.24) is 0 Å². The number of carbonyl (C=O) groups is 1. The monoisotopic (exact) mass is 374 g/mol. The molecule has 2 saturated heterocycles. The summed E-state index contributed by atoms with van der Waals surface area (Å²) in [4.78, 5) is 12.5. The van der Waals surface area contributed by atoms with Crippen LogP contribution in [0.3, 0.4) is 0 Å². The molecule has 3 N–H and O–H groups in total. The molecular weight excluding hydrogens is 352 g/mol. The molecule has 5 rings (SSSR count). The Labute approximate surface area is 155 Å². The van der Waals surface area contributed by atoms with Crippen molar-refractivity contribution >= 4 is 5.97 Å². The lowest BCUT2D eigenvalue weighted by Gasteiger charge is -2.62. The van der Waals surface area contributed by atoms with Gasteiger partial charge in [0.2, 0.25) is 0 Å². The van der Waals surface area contributed by atoms with Crippen molar-refractivity contribution < 1.29 is 34.0 Å². The van der Waals surface area contributed by atoms with Crippen molar-refractivity contribution in [2.24, 2.45) is 16.7 Å². The van der Waals surface area contributed by atoms with Crippen molar-refractivity contribution in [2.75, 3.05) is 6.61 Å². The van der Waals surface area contributed by atoms with E-state index in [0.717, 1.165) is 0 Å². The smallest absolute Gasteiger partial charge is 0.334 e. The Morgan fingerprint density at radius 1 is 1.37 bits per heavy atom. The van der Waals surface area contributed by atoms with Crippen molar-refractivity contribution in [1.29, 1.82) is 0 Å². The third-order valence-corrected chi connectivity index (χ3v) is 7.09. The van der Waals surface area contributed by atoms with E-state index in [1.54, 1.807) is 12.1 Å². The number of ether oxygens (including phenoxy) is 2. The second-order valence-corrected chi connectivity index (χ2v) is 8.16. The van der Waals surface area contributed by atoms with E-state index >= 15 is 0 Å². The molecule has 0 amide bonds. The highest BCUT2D eigenvalue weighted by Crippen LogP contribution is 2.68. The maximum Gasteiger partial charge on any atom is 0.334 e. The second-order valence-electron chi connectivity index (χ2n) is 8.16. The molecule has 1 spiro atoms. The summed E-state index contributed by atoms with van der Waals surface area (Å²) in [5.74, 6) is -0.772. The Morgan fingerprint density at radius 3 is 2.93 bits per heavy atom. The van der Waals surface area contributed by atoms with Crippen LogP contribution in [0.2, 0.25) is 0 Å². The zero-order valence-corrected chi connectivity index (χ0v) is 14.7. The molecular formula is C20H22O7. The minimum Gasteiger partial charge on any atom is -0.472 e. The SMILES string of the molecule is C=C1CC2OC(=O)C3=CC(O)CC4C1(CC(O)c1ccoc1)C(O)OCC324. The molecule has 0 radical (unpaired) electrons. The number of hydrogen-bond acceptors (Lipinski definition) is 7. The van der Waals surface area contributed by atoms with Gasteiger partial charge in [-0.25, -0.2) is 4.79 Å². The molecule has 3 fully saturated rings. The number of furan rings is 1. The molecule has 27 heavy (non-hydrogen) atoms. The number of esters is 1. The summed E-state index contributed by atoms with van der Waals surface area (Å²) >= 11 is 0. The number of aliphatic hydroxyl groups is 3. The predicted octanol–water partition coefficient (Wildman–Crippen LogP) is 1.22. The zero-order chi connectivity index (χ0) is 19.0. The van der Waals surface area contributed by atoms with Gasteiger partial charge in [-0.2, -0.15) is 0 Å². The first kappa shape index (κ1) is 17.2. The summed E-state index contributed by atoms with van der Waals surface area (Å²) in [5, 5.41) is 32.2. The van der Waals surface area contributed by atoms with Crippen LogP contribution in [-0.2, 0) is 14.3 Å². The Kier molecular flexibility index (Phi) is 3.53. The molecule has 7 nitrogen and oxygen atoms in total. The van der Waals surface area contributed by atoms with Crippen LogP contribution in [0.4, 0.5) is 0 Å². The Balaban J connectivity index is 1.64. The highest BCUT2D eigenvalue weighted by atomic mass is 16.6. The van der Waals surface area contributed by atoms with E-state index in [2.05, 4.69) is 6.58 Å². The average molecular weight is 374 g/mol. The van der Waals surface area contributed by atoms with Crippen LogP contribution >= 0.6 is 0 Å². The van der Waals surface area contributed by atoms with Crippen molar-refractivity contribution in [2.45, 2.75) is 43.9 Å². The predicted molar refractivity (Wildman–Crippen MR) is 90.9 cm³/mol. The fraction of sp³-hybridized carbons (Fsp3) is 0.550. The normalized spacial score (nSPS) is 43.7. The molecule has 7 unspecified atom stereocenters. The van der Waals surface area contributed by atoms with E-state index in [9.17, 15) is 20.1 Å². The van der Waals surface area contributed by atoms with E-state index < -0.39 is 41.4 Å². The Morgan fingerprint density at radius 2 is 2.19 bits per heavy atom. The lowest BCUT2D eigenvalue weighted by atomic mass is 9.45. The van der Waals surface area contributed by atoms with E-state index in [4.69, 9.17) is 13.9 Å². The number of carbonyl (C=O) groups excluding carboxylic acids is 1. The van der Waals surface area contributed by atoms with Gasteiger partial charge in [0.05, 0.1) is 36.8 Å². The summed E-state index contributed by atoms with van der Waals surface area (Å²) in [6.45, 7) is 4.32. The molecule has 4 aliphatic rings. The molecule has 1 saturated carbocycles. The second kappa shape index (κ2) is 5.54. The minimum atomic E-state index is -1.19. The van der Waals surface area contributed by atoms with E-state index in [1.165, 1.54) is 12.5 Å². The van der Waals surface area contributed by atoms with Gasteiger partial charge < -0.3 is 29.2 Å². The first-order valence-electron chi connectivity index (χ1n) is 9.19. The molecule has 3 heterocycles. The third kappa shape index (κ3) is 2.03. The highest BCUT2D eigenvalue weighted by molar-refractivity contribution is 5.93. The topological polar surface area (TPSA) is 109 Å². The minimum absolute atomic E-state index is 0.143. The van der Waals surface area contributed by atoms with Gasteiger partial charge in [0, 0.05) is 23.0 Å². The number of hydrogen-bond donors (Lipinski definition) is 3. The molecule has 7 heteroatoms. The van der Waals surface area contributed by atoms with E-state index in [1.807, 2.05) is 0 Å². The van der Waals surface area contributed by atoms with Gasteiger partial charge in [-0.1, -0.05) is 12.2 Å². The molecule has 2 bridgehead atoms. The fourth-order valence-electron chi connectivity index (χ4n) is 5.84. The molecule has 1 aromatic heterocycles. The largest absolute Gasteiger partial charge is 0.472 e. The lowest BCUT2D eigenvalue weighted by molar-refractivity contribution is -0.284. The van der Waals surface area contributed by atoms with Gasteiger partial charge in [-0.05, 0) is 30.9 Å². The molecule has 2 aliphatic carbocycles. The van der Waals surface area contributed by atoms with E-state index in [0.29, 0.717) is 29.6 Å². The van der Waals surface area contributed by atoms with Crippen LogP contribution in [0.15, 0.2) is 46.8 Å². The van der Waals surface area contributed by atoms with Gasteiger partial charge in [0.1, 0.15) is 6.10 Å². The first-order chi connectivity index (χ1) is 12.9. The summed E-state index contributed by atoms with van der Waals surface area (Å²) < 4.78 is 16.5. The Bertz CT molecular complexity index is 827. The fourth-order valence-corrected chi connectivity index (χ4v) is 5.84. The summed E-state index contributed by atoms with van der Waals surface area (Å²) in [6.07, 6.45) is 2.05. The van der Waals surface area contributed by atoms with Crippen LogP contribution in [0.25, 0.3) is 0 Å². The maximum absolute atomic E-state index is 12.5. The van der Waals surface area contributed by atoms with Crippen molar-refractivity contribution in [3.63, 3.8) is 0 Å². The summed E-state index contributed by atoms with van der Waals surface area (Å²) in [5.41, 5.74) is -0.0342. The number of rotatable bonds is 3. The molecule has 1 aromatic rings.